The number of rotatable bonds is 5. The van der Waals surface area contributed by atoms with Crippen molar-refractivity contribution in [1.29, 1.82) is 0 Å². The summed E-state index contributed by atoms with van der Waals surface area (Å²) in [5.74, 6) is -2.00. The largest absolute Gasteiger partial charge is 0.438 e. The lowest BCUT2D eigenvalue weighted by Crippen LogP contribution is -2.22. The van der Waals surface area contributed by atoms with Crippen LogP contribution in [0.3, 0.4) is 0 Å². The average Bonchev–Trinajstić information content (AvgIpc) is 3.31. The highest BCUT2D eigenvalue weighted by atomic mass is 32.2. The monoisotopic (exact) mass is 507 g/mol. The molecule has 0 atom stereocenters. The molecule has 3 heterocycles. The van der Waals surface area contributed by atoms with Crippen LogP contribution >= 0.6 is 0 Å². The van der Waals surface area contributed by atoms with Crippen LogP contribution in [0.25, 0.3) is 22.0 Å². The maximum atomic E-state index is 13.7. The maximum Gasteiger partial charge on any atom is 0.275 e. The third kappa shape index (κ3) is 3.95. The Bertz CT molecular complexity index is 1790. The number of pyridine rings is 2. The van der Waals surface area contributed by atoms with Gasteiger partial charge in [0.05, 0.1) is 4.90 Å². The van der Waals surface area contributed by atoms with Crippen molar-refractivity contribution in [3.05, 3.63) is 107 Å². The predicted molar refractivity (Wildman–Crippen MR) is 131 cm³/mol. The summed E-state index contributed by atoms with van der Waals surface area (Å²) >= 11 is 0. The number of aromatic nitrogens is 3. The van der Waals surface area contributed by atoms with Gasteiger partial charge in [-0.3, -0.25) is 4.79 Å². The highest BCUT2D eigenvalue weighted by molar-refractivity contribution is 7.90. The molecule has 7 nitrogen and oxygen atoms in total. The molecule has 0 radical (unpaired) electrons. The molecule has 0 aliphatic carbocycles. The smallest absolute Gasteiger partial charge is 0.275 e. The summed E-state index contributed by atoms with van der Waals surface area (Å²) in [6.45, 7) is 1.84. The van der Waals surface area contributed by atoms with Crippen molar-refractivity contribution < 1.29 is 21.9 Å². The summed E-state index contributed by atoms with van der Waals surface area (Å²) in [6.07, 6.45) is 4.34. The molecule has 0 saturated heterocycles. The van der Waals surface area contributed by atoms with Crippen LogP contribution < -0.4 is 10.3 Å². The first kappa shape index (κ1) is 23.4. The Morgan fingerprint density at radius 2 is 1.69 bits per heavy atom. The van der Waals surface area contributed by atoms with Gasteiger partial charge in [-0.2, -0.15) is 0 Å². The summed E-state index contributed by atoms with van der Waals surface area (Å²) in [6, 6.07) is 14.3. The fourth-order valence-corrected chi connectivity index (χ4v) is 5.24. The van der Waals surface area contributed by atoms with Gasteiger partial charge in [-0.1, -0.05) is 17.7 Å². The molecule has 0 saturated carbocycles. The molecule has 5 rings (SSSR count). The number of halogens is 2. The van der Waals surface area contributed by atoms with Gasteiger partial charge in [0.25, 0.3) is 15.6 Å². The van der Waals surface area contributed by atoms with Crippen LogP contribution in [0.2, 0.25) is 0 Å². The maximum absolute atomic E-state index is 13.7. The van der Waals surface area contributed by atoms with E-state index in [2.05, 4.69) is 4.98 Å². The third-order valence-corrected chi connectivity index (χ3v) is 7.42. The molecule has 0 aliphatic rings. The minimum absolute atomic E-state index is 0.0226. The Morgan fingerprint density at radius 3 is 2.42 bits per heavy atom. The molecule has 36 heavy (non-hydrogen) atoms. The lowest BCUT2D eigenvalue weighted by atomic mass is 10.1. The van der Waals surface area contributed by atoms with Gasteiger partial charge >= 0.3 is 0 Å². The molecule has 5 aromatic rings. The van der Waals surface area contributed by atoms with Crippen LogP contribution in [-0.2, 0) is 17.1 Å². The van der Waals surface area contributed by atoms with E-state index >= 15 is 0 Å². The lowest BCUT2D eigenvalue weighted by molar-refractivity contribution is 0.449. The summed E-state index contributed by atoms with van der Waals surface area (Å²) in [5.41, 5.74) is 1.23. The number of hydrogen-bond donors (Lipinski definition) is 0. The molecule has 0 fully saturated rings. The Kier molecular flexibility index (Phi) is 5.68. The zero-order valence-electron chi connectivity index (χ0n) is 19.1. The Balaban J connectivity index is 1.70. The molecule has 0 N–H and O–H groups in total. The first-order valence-corrected chi connectivity index (χ1v) is 12.2. The third-order valence-electron chi connectivity index (χ3n) is 5.73. The molecule has 0 unspecified atom stereocenters. The molecule has 0 aliphatic heterocycles. The summed E-state index contributed by atoms with van der Waals surface area (Å²) < 4.78 is 61.9. The molecule has 10 heteroatoms. The van der Waals surface area contributed by atoms with E-state index in [9.17, 15) is 22.0 Å². The van der Waals surface area contributed by atoms with Crippen LogP contribution in [0, 0.1) is 18.6 Å². The topological polar surface area (TPSA) is 83.2 Å². The van der Waals surface area contributed by atoms with Crippen LogP contribution in [0.15, 0.2) is 88.9 Å². The quantitative estimate of drug-likeness (QED) is 0.334. The van der Waals surface area contributed by atoms with Gasteiger partial charge in [-0.25, -0.2) is 26.2 Å². The standard InChI is InChI=1S/C26H19F2N3O4S/c1-16-5-8-18(9-6-16)36(33,34)31-13-11-19-21(15-30(2)26(32)24(19)31)20-4-3-12-29-25(20)35-17-7-10-22(27)23(28)14-17/h3-15H,1-2H3. The van der Waals surface area contributed by atoms with Crippen LogP contribution in [0.5, 0.6) is 11.6 Å². The second-order valence-electron chi connectivity index (χ2n) is 8.18. The van der Waals surface area contributed by atoms with Crippen molar-refractivity contribution in [3.63, 3.8) is 0 Å². The van der Waals surface area contributed by atoms with Crippen molar-refractivity contribution in [2.45, 2.75) is 11.8 Å². The molecule has 0 amide bonds. The molecule has 2 aromatic carbocycles. The number of fused-ring (bicyclic) bond motifs is 1. The Hall–Kier alpha value is -4.31. The van der Waals surface area contributed by atoms with Crippen molar-refractivity contribution >= 4 is 20.9 Å². The number of aryl methyl sites for hydroxylation is 2. The van der Waals surface area contributed by atoms with E-state index in [0.29, 0.717) is 16.5 Å². The Morgan fingerprint density at radius 1 is 0.944 bits per heavy atom. The van der Waals surface area contributed by atoms with E-state index < -0.39 is 27.2 Å². The number of nitrogens with zero attached hydrogens (tertiary/aromatic N) is 3. The predicted octanol–water partition coefficient (Wildman–Crippen LogP) is 5.02. The summed E-state index contributed by atoms with van der Waals surface area (Å²) in [4.78, 5) is 17.4. The fourth-order valence-electron chi connectivity index (χ4n) is 3.90. The van der Waals surface area contributed by atoms with Gasteiger partial charge in [0.1, 0.15) is 11.3 Å². The fraction of sp³-hybridized carbons (Fsp3) is 0.0769. The minimum atomic E-state index is -4.07. The van der Waals surface area contributed by atoms with Crippen molar-refractivity contribution in [1.82, 2.24) is 13.5 Å². The number of hydrogen-bond acceptors (Lipinski definition) is 5. The van der Waals surface area contributed by atoms with Crippen molar-refractivity contribution in [2.75, 3.05) is 0 Å². The zero-order valence-corrected chi connectivity index (χ0v) is 20.0. The zero-order chi connectivity index (χ0) is 25.6. The first-order chi connectivity index (χ1) is 17.2. The first-order valence-electron chi connectivity index (χ1n) is 10.8. The molecular formula is C26H19F2N3O4S. The summed E-state index contributed by atoms with van der Waals surface area (Å²) in [7, 11) is -2.56. The van der Waals surface area contributed by atoms with Crippen LogP contribution in [0.1, 0.15) is 5.56 Å². The molecule has 0 spiro atoms. The van der Waals surface area contributed by atoms with E-state index in [-0.39, 0.29) is 22.0 Å². The van der Waals surface area contributed by atoms with Crippen molar-refractivity contribution in [3.8, 4) is 22.8 Å². The van der Waals surface area contributed by atoms with Gasteiger partial charge in [0, 0.05) is 48.2 Å². The Labute approximate surface area is 204 Å². The lowest BCUT2D eigenvalue weighted by Gasteiger charge is -2.13. The van der Waals surface area contributed by atoms with Gasteiger partial charge in [-0.05, 0) is 49.4 Å². The van der Waals surface area contributed by atoms with E-state index in [1.165, 1.54) is 48.3 Å². The summed E-state index contributed by atoms with van der Waals surface area (Å²) in [5, 5.41) is 0.358. The van der Waals surface area contributed by atoms with Gasteiger partial charge in [0.2, 0.25) is 5.88 Å². The second-order valence-corrected chi connectivity index (χ2v) is 10.00. The van der Waals surface area contributed by atoms with Crippen molar-refractivity contribution in [2.24, 2.45) is 7.05 Å². The van der Waals surface area contributed by atoms with E-state index in [1.54, 1.807) is 30.5 Å². The average molecular weight is 508 g/mol. The van der Waals surface area contributed by atoms with Gasteiger partial charge in [-0.15, -0.1) is 0 Å². The molecule has 182 valence electrons. The van der Waals surface area contributed by atoms with Crippen LogP contribution in [0.4, 0.5) is 8.78 Å². The normalized spacial score (nSPS) is 11.7. The van der Waals surface area contributed by atoms with E-state index in [4.69, 9.17) is 4.74 Å². The van der Waals surface area contributed by atoms with Crippen LogP contribution in [-0.4, -0.2) is 21.9 Å². The van der Waals surface area contributed by atoms with E-state index in [1.807, 2.05) is 6.92 Å². The highest BCUT2D eigenvalue weighted by Crippen LogP contribution is 2.36. The molecule has 3 aromatic heterocycles. The number of benzene rings is 2. The SMILES string of the molecule is Cc1ccc(S(=O)(=O)n2ccc3c(-c4cccnc4Oc4ccc(F)c(F)c4)cn(C)c(=O)c32)cc1. The van der Waals surface area contributed by atoms with Gasteiger partial charge < -0.3 is 9.30 Å². The number of ether oxygens (including phenoxy) is 1. The van der Waals surface area contributed by atoms with Gasteiger partial charge in [0.15, 0.2) is 11.6 Å². The second kappa shape index (κ2) is 8.72. The molecular weight excluding hydrogens is 488 g/mol. The highest BCUT2D eigenvalue weighted by Gasteiger charge is 2.24. The minimum Gasteiger partial charge on any atom is -0.438 e. The van der Waals surface area contributed by atoms with E-state index in [0.717, 1.165) is 21.7 Å². The molecule has 0 bridgehead atoms.